The van der Waals surface area contributed by atoms with E-state index in [0.29, 0.717) is 24.5 Å². The number of hydrogen-bond acceptors (Lipinski definition) is 6. The zero-order chi connectivity index (χ0) is 21.2. The molecule has 0 amide bonds. The van der Waals surface area contributed by atoms with Crippen LogP contribution in [-0.4, -0.2) is 53.0 Å². The Bertz CT molecular complexity index is 841. The Morgan fingerprint density at radius 1 is 1.03 bits per heavy atom. The SMILES string of the molecule is COCOC(CCS(=O)(=O)c1ccccc1)C1CCC(COCc2ccccc2)O1. The Morgan fingerprint density at radius 2 is 1.73 bits per heavy atom. The predicted octanol–water partition coefficient (Wildman–Crippen LogP) is 3.60. The van der Waals surface area contributed by atoms with E-state index in [9.17, 15) is 8.42 Å². The Kier molecular flexibility index (Phi) is 8.84. The summed E-state index contributed by atoms with van der Waals surface area (Å²) in [4.78, 5) is 0.329. The Labute approximate surface area is 179 Å². The van der Waals surface area contributed by atoms with Crippen molar-refractivity contribution in [3.8, 4) is 0 Å². The fourth-order valence-electron chi connectivity index (χ4n) is 3.56. The average Bonchev–Trinajstić information content (AvgIpc) is 3.24. The van der Waals surface area contributed by atoms with E-state index in [1.54, 1.807) is 37.4 Å². The van der Waals surface area contributed by atoms with Gasteiger partial charge in [0.2, 0.25) is 0 Å². The molecule has 30 heavy (non-hydrogen) atoms. The van der Waals surface area contributed by atoms with Crippen LogP contribution in [0.3, 0.4) is 0 Å². The molecule has 0 saturated carbocycles. The molecule has 0 radical (unpaired) electrons. The third-order valence-electron chi connectivity index (χ3n) is 5.14. The highest BCUT2D eigenvalue weighted by Gasteiger charge is 2.33. The molecule has 164 valence electrons. The first-order valence-corrected chi connectivity index (χ1v) is 11.9. The van der Waals surface area contributed by atoms with Crippen molar-refractivity contribution in [2.45, 2.75) is 49.1 Å². The molecule has 0 spiro atoms. The molecule has 1 aliphatic rings. The zero-order valence-electron chi connectivity index (χ0n) is 17.3. The van der Waals surface area contributed by atoms with Crippen LogP contribution in [0.5, 0.6) is 0 Å². The number of sulfone groups is 1. The minimum Gasteiger partial charge on any atom is -0.374 e. The minimum atomic E-state index is -3.37. The summed E-state index contributed by atoms with van der Waals surface area (Å²) in [6.45, 7) is 1.15. The van der Waals surface area contributed by atoms with Gasteiger partial charge in [0.1, 0.15) is 6.79 Å². The molecule has 1 fully saturated rings. The Hall–Kier alpha value is -1.77. The van der Waals surface area contributed by atoms with Crippen LogP contribution in [0.2, 0.25) is 0 Å². The molecule has 0 bridgehead atoms. The van der Waals surface area contributed by atoms with Gasteiger partial charge in [-0.2, -0.15) is 0 Å². The van der Waals surface area contributed by atoms with Crippen LogP contribution in [0.25, 0.3) is 0 Å². The fourth-order valence-corrected chi connectivity index (χ4v) is 4.91. The molecule has 1 saturated heterocycles. The minimum absolute atomic E-state index is 0.000425. The van der Waals surface area contributed by atoms with Gasteiger partial charge < -0.3 is 18.9 Å². The van der Waals surface area contributed by atoms with Crippen LogP contribution >= 0.6 is 0 Å². The Morgan fingerprint density at radius 3 is 2.43 bits per heavy atom. The predicted molar refractivity (Wildman–Crippen MR) is 114 cm³/mol. The van der Waals surface area contributed by atoms with Gasteiger partial charge in [0.25, 0.3) is 0 Å². The van der Waals surface area contributed by atoms with Gasteiger partial charge in [0.15, 0.2) is 9.84 Å². The van der Waals surface area contributed by atoms with Crippen molar-refractivity contribution >= 4 is 9.84 Å². The number of methoxy groups -OCH3 is 1. The summed E-state index contributed by atoms with van der Waals surface area (Å²) in [6, 6.07) is 18.5. The van der Waals surface area contributed by atoms with Crippen molar-refractivity contribution in [1.82, 2.24) is 0 Å². The molecule has 3 unspecified atom stereocenters. The summed E-state index contributed by atoms with van der Waals surface area (Å²) in [7, 11) is -1.82. The summed E-state index contributed by atoms with van der Waals surface area (Å²) in [5.74, 6) is 0.000425. The lowest BCUT2D eigenvalue weighted by Crippen LogP contribution is -2.33. The van der Waals surface area contributed by atoms with Crippen LogP contribution in [-0.2, 0) is 35.4 Å². The van der Waals surface area contributed by atoms with Gasteiger partial charge in [-0.05, 0) is 37.0 Å². The van der Waals surface area contributed by atoms with Crippen LogP contribution in [0.1, 0.15) is 24.8 Å². The zero-order valence-corrected chi connectivity index (χ0v) is 18.1. The van der Waals surface area contributed by atoms with E-state index >= 15 is 0 Å². The maximum atomic E-state index is 12.6. The fraction of sp³-hybridized carbons (Fsp3) is 0.478. The molecule has 2 aromatic carbocycles. The molecule has 1 heterocycles. The highest BCUT2D eigenvalue weighted by molar-refractivity contribution is 7.91. The summed E-state index contributed by atoms with van der Waals surface area (Å²) >= 11 is 0. The summed E-state index contributed by atoms with van der Waals surface area (Å²) in [5, 5.41) is 0. The van der Waals surface area contributed by atoms with E-state index in [-0.39, 0.29) is 30.9 Å². The third-order valence-corrected chi connectivity index (χ3v) is 6.91. The molecule has 0 aromatic heterocycles. The molecule has 0 N–H and O–H groups in total. The third kappa shape index (κ3) is 6.89. The molecule has 7 heteroatoms. The molecular weight excluding hydrogens is 404 g/mol. The van der Waals surface area contributed by atoms with E-state index < -0.39 is 9.84 Å². The van der Waals surface area contributed by atoms with Crippen molar-refractivity contribution in [3.05, 3.63) is 66.2 Å². The number of rotatable bonds is 12. The maximum Gasteiger partial charge on any atom is 0.178 e. The van der Waals surface area contributed by atoms with Gasteiger partial charge in [0, 0.05) is 7.11 Å². The van der Waals surface area contributed by atoms with Crippen LogP contribution in [0.15, 0.2) is 65.6 Å². The standard InChI is InChI=1S/C23H30O6S/c1-26-18-28-22(14-15-30(24,25)21-10-6-3-7-11-21)23-13-12-20(29-23)17-27-16-19-8-4-2-5-9-19/h2-11,20,22-23H,12-18H2,1H3. The first-order chi connectivity index (χ1) is 14.6. The van der Waals surface area contributed by atoms with Gasteiger partial charge in [-0.25, -0.2) is 8.42 Å². The molecule has 3 atom stereocenters. The summed E-state index contributed by atoms with van der Waals surface area (Å²) < 4.78 is 48.0. The van der Waals surface area contributed by atoms with E-state index in [0.717, 1.165) is 18.4 Å². The molecule has 0 aliphatic carbocycles. The maximum absolute atomic E-state index is 12.6. The highest BCUT2D eigenvalue weighted by atomic mass is 32.2. The second kappa shape index (κ2) is 11.6. The first-order valence-electron chi connectivity index (χ1n) is 10.2. The van der Waals surface area contributed by atoms with E-state index in [1.807, 2.05) is 30.3 Å². The van der Waals surface area contributed by atoms with Crippen molar-refractivity contribution in [2.24, 2.45) is 0 Å². The molecule has 3 rings (SSSR count). The lowest BCUT2D eigenvalue weighted by molar-refractivity contribution is -0.131. The van der Waals surface area contributed by atoms with Crippen molar-refractivity contribution in [1.29, 1.82) is 0 Å². The van der Waals surface area contributed by atoms with Gasteiger partial charge in [-0.3, -0.25) is 0 Å². The number of hydrogen-bond donors (Lipinski definition) is 0. The van der Waals surface area contributed by atoms with Crippen molar-refractivity contribution < 1.29 is 27.4 Å². The monoisotopic (exact) mass is 434 g/mol. The van der Waals surface area contributed by atoms with Gasteiger partial charge in [-0.15, -0.1) is 0 Å². The Balaban J connectivity index is 1.50. The smallest absolute Gasteiger partial charge is 0.178 e. The average molecular weight is 435 g/mol. The normalized spacial score (nSPS) is 20.3. The summed E-state index contributed by atoms with van der Waals surface area (Å²) in [5.41, 5.74) is 1.12. The van der Waals surface area contributed by atoms with E-state index in [2.05, 4.69) is 0 Å². The lowest BCUT2D eigenvalue weighted by atomic mass is 10.1. The van der Waals surface area contributed by atoms with Crippen LogP contribution < -0.4 is 0 Å². The van der Waals surface area contributed by atoms with Crippen LogP contribution in [0.4, 0.5) is 0 Å². The molecule has 6 nitrogen and oxygen atoms in total. The topological polar surface area (TPSA) is 71.1 Å². The second-order valence-electron chi connectivity index (χ2n) is 7.41. The number of ether oxygens (including phenoxy) is 4. The van der Waals surface area contributed by atoms with E-state index in [4.69, 9.17) is 18.9 Å². The lowest BCUT2D eigenvalue weighted by Gasteiger charge is -2.24. The second-order valence-corrected chi connectivity index (χ2v) is 9.52. The van der Waals surface area contributed by atoms with E-state index in [1.165, 1.54) is 0 Å². The van der Waals surface area contributed by atoms with Gasteiger partial charge in [0.05, 0.1) is 42.2 Å². The highest BCUT2D eigenvalue weighted by Crippen LogP contribution is 2.27. The van der Waals surface area contributed by atoms with Gasteiger partial charge >= 0.3 is 0 Å². The molecule has 2 aromatic rings. The first kappa shape index (κ1) is 22.9. The van der Waals surface area contributed by atoms with Crippen molar-refractivity contribution in [3.63, 3.8) is 0 Å². The molecule has 1 aliphatic heterocycles. The largest absolute Gasteiger partial charge is 0.374 e. The summed E-state index contributed by atoms with van der Waals surface area (Å²) in [6.07, 6.45) is 1.48. The van der Waals surface area contributed by atoms with Gasteiger partial charge in [-0.1, -0.05) is 48.5 Å². The van der Waals surface area contributed by atoms with Crippen molar-refractivity contribution in [2.75, 3.05) is 26.3 Å². The number of benzene rings is 2. The van der Waals surface area contributed by atoms with Crippen LogP contribution in [0, 0.1) is 0 Å². The molecular formula is C23H30O6S. The quantitative estimate of drug-likeness (QED) is 0.476.